The highest BCUT2D eigenvalue weighted by molar-refractivity contribution is 7.99. The summed E-state index contributed by atoms with van der Waals surface area (Å²) in [7, 11) is 0. The van der Waals surface area contributed by atoms with Crippen molar-refractivity contribution in [3.63, 3.8) is 0 Å². The Labute approximate surface area is 241 Å². The molecule has 5 rings (SSSR count). The van der Waals surface area contributed by atoms with Crippen LogP contribution in [0.15, 0.2) is 78.0 Å². The minimum atomic E-state index is -0.222. The molecule has 1 aromatic heterocycles. The average molecular weight is 585 g/mol. The zero-order chi connectivity index (χ0) is 27.2. The van der Waals surface area contributed by atoms with Crippen molar-refractivity contribution < 1.29 is 9.18 Å². The molecule has 10 heteroatoms. The van der Waals surface area contributed by atoms with Gasteiger partial charge in [-0.2, -0.15) is 0 Å². The molecule has 0 saturated carbocycles. The summed E-state index contributed by atoms with van der Waals surface area (Å²) in [5.74, 6) is 1.45. The Balaban J connectivity index is 1.15. The van der Waals surface area contributed by atoms with Crippen molar-refractivity contribution in [3.8, 4) is 17.1 Å². The molecule has 1 saturated heterocycles. The molecule has 4 aromatic rings. The van der Waals surface area contributed by atoms with Gasteiger partial charge in [0.1, 0.15) is 5.82 Å². The van der Waals surface area contributed by atoms with Gasteiger partial charge in [0.15, 0.2) is 11.0 Å². The Hall–Kier alpha value is -3.07. The maximum absolute atomic E-state index is 14.1. The summed E-state index contributed by atoms with van der Waals surface area (Å²) in [5.41, 5.74) is 2.38. The normalized spacial score (nSPS) is 13.6. The van der Waals surface area contributed by atoms with E-state index in [9.17, 15) is 9.18 Å². The van der Waals surface area contributed by atoms with E-state index in [1.54, 1.807) is 30.0 Å². The molecule has 0 N–H and O–H groups in total. The second-order valence-electron chi connectivity index (χ2n) is 9.23. The van der Waals surface area contributed by atoms with Gasteiger partial charge in [-0.25, -0.2) is 4.39 Å². The molecular formula is C29H28Cl2FN5OS. The lowest BCUT2D eigenvalue weighted by Gasteiger charge is -2.36. The number of unbranched alkanes of at least 4 members (excludes halogenated alkanes) is 1. The number of anilines is 1. The van der Waals surface area contributed by atoms with Gasteiger partial charge in [0, 0.05) is 43.9 Å². The molecule has 2 heterocycles. The van der Waals surface area contributed by atoms with Crippen LogP contribution in [0.2, 0.25) is 10.0 Å². The van der Waals surface area contributed by atoms with E-state index in [-0.39, 0.29) is 11.7 Å². The van der Waals surface area contributed by atoms with Crippen LogP contribution in [-0.2, 0) is 4.79 Å². The smallest absolute Gasteiger partial charge is 0.222 e. The van der Waals surface area contributed by atoms with Crippen LogP contribution in [0.4, 0.5) is 10.1 Å². The molecule has 6 nitrogen and oxygen atoms in total. The summed E-state index contributed by atoms with van der Waals surface area (Å²) in [6, 6.07) is 22.2. The monoisotopic (exact) mass is 583 g/mol. The number of aromatic nitrogens is 3. The number of carbonyl (C=O) groups excluding carboxylic acids is 1. The fourth-order valence-electron chi connectivity index (χ4n) is 4.60. The highest BCUT2D eigenvalue weighted by Crippen LogP contribution is 2.32. The van der Waals surface area contributed by atoms with E-state index in [1.807, 2.05) is 62.9 Å². The van der Waals surface area contributed by atoms with Gasteiger partial charge in [-0.3, -0.25) is 9.36 Å². The van der Waals surface area contributed by atoms with Crippen LogP contribution < -0.4 is 4.90 Å². The van der Waals surface area contributed by atoms with Crippen molar-refractivity contribution in [2.45, 2.75) is 24.4 Å². The minimum Gasteiger partial charge on any atom is -0.366 e. The first-order valence-corrected chi connectivity index (χ1v) is 14.6. The number of nitrogens with zero attached hydrogens (tertiary/aromatic N) is 5. The molecule has 39 heavy (non-hydrogen) atoms. The molecule has 0 unspecified atom stereocenters. The second kappa shape index (κ2) is 12.9. The third-order valence-corrected chi connectivity index (χ3v) is 8.42. The van der Waals surface area contributed by atoms with Crippen LogP contribution in [0.3, 0.4) is 0 Å². The lowest BCUT2D eigenvalue weighted by Crippen LogP contribution is -2.49. The summed E-state index contributed by atoms with van der Waals surface area (Å²) in [6.07, 6.45) is 2.14. The highest BCUT2D eigenvalue weighted by atomic mass is 35.5. The van der Waals surface area contributed by atoms with Crippen LogP contribution in [0.25, 0.3) is 17.1 Å². The number of para-hydroxylation sites is 1. The number of hydrogen-bond donors (Lipinski definition) is 0. The first-order valence-electron chi connectivity index (χ1n) is 12.9. The van der Waals surface area contributed by atoms with Crippen molar-refractivity contribution in [3.05, 3.63) is 88.7 Å². The van der Waals surface area contributed by atoms with Gasteiger partial charge < -0.3 is 9.80 Å². The van der Waals surface area contributed by atoms with Crippen molar-refractivity contribution >= 4 is 46.6 Å². The average Bonchev–Trinajstić information content (AvgIpc) is 3.39. The summed E-state index contributed by atoms with van der Waals surface area (Å²) >= 11 is 14.1. The first kappa shape index (κ1) is 27.5. The van der Waals surface area contributed by atoms with Gasteiger partial charge in [0.25, 0.3) is 0 Å². The Bertz CT molecular complexity index is 1430. The molecule has 1 amide bonds. The predicted octanol–water partition coefficient (Wildman–Crippen LogP) is 6.99. The van der Waals surface area contributed by atoms with E-state index in [1.165, 1.54) is 6.07 Å². The molecule has 202 valence electrons. The molecule has 1 fully saturated rings. The molecular weight excluding hydrogens is 556 g/mol. The van der Waals surface area contributed by atoms with Crippen molar-refractivity contribution in [1.29, 1.82) is 0 Å². The van der Waals surface area contributed by atoms with Crippen LogP contribution in [0.1, 0.15) is 19.3 Å². The number of halogens is 3. The number of piperazine rings is 1. The van der Waals surface area contributed by atoms with E-state index in [2.05, 4.69) is 10.2 Å². The fraction of sp³-hybridized carbons (Fsp3) is 0.276. The maximum atomic E-state index is 14.1. The first-order chi connectivity index (χ1) is 19.0. The summed E-state index contributed by atoms with van der Waals surface area (Å²) in [5, 5.41) is 10.6. The predicted molar refractivity (Wildman–Crippen MR) is 157 cm³/mol. The Morgan fingerprint density at radius 1 is 0.872 bits per heavy atom. The van der Waals surface area contributed by atoms with E-state index in [0.717, 1.165) is 40.8 Å². The molecule has 1 aliphatic rings. The molecule has 1 aliphatic heterocycles. The third-order valence-electron chi connectivity index (χ3n) is 6.67. The topological polar surface area (TPSA) is 54.3 Å². The number of carbonyl (C=O) groups is 1. The fourth-order valence-corrected chi connectivity index (χ4v) is 5.84. The van der Waals surface area contributed by atoms with Gasteiger partial charge in [-0.1, -0.05) is 77.4 Å². The number of rotatable bonds is 9. The zero-order valence-corrected chi connectivity index (χ0v) is 23.6. The van der Waals surface area contributed by atoms with Crippen molar-refractivity contribution in [1.82, 2.24) is 19.7 Å². The van der Waals surface area contributed by atoms with Gasteiger partial charge >= 0.3 is 0 Å². The van der Waals surface area contributed by atoms with Crippen LogP contribution in [-0.4, -0.2) is 57.5 Å². The summed E-state index contributed by atoms with van der Waals surface area (Å²) < 4.78 is 16.1. The van der Waals surface area contributed by atoms with Gasteiger partial charge in [0.2, 0.25) is 5.91 Å². The zero-order valence-electron chi connectivity index (χ0n) is 21.3. The van der Waals surface area contributed by atoms with E-state index in [4.69, 9.17) is 23.2 Å². The van der Waals surface area contributed by atoms with Crippen molar-refractivity contribution in [2.24, 2.45) is 0 Å². The Kier molecular flexibility index (Phi) is 9.06. The maximum Gasteiger partial charge on any atom is 0.222 e. The van der Waals surface area contributed by atoms with E-state index < -0.39 is 0 Å². The summed E-state index contributed by atoms with van der Waals surface area (Å²) in [4.78, 5) is 16.7. The van der Waals surface area contributed by atoms with E-state index >= 15 is 0 Å². The number of thioether (sulfide) groups is 1. The SMILES string of the molecule is O=C(CCCCSc1nnc(-c2ccccc2)n1-c1ccc(Cl)c(Cl)c1)N1CCN(c2ccccc2F)CC1. The van der Waals surface area contributed by atoms with Crippen LogP contribution in [0, 0.1) is 5.82 Å². The minimum absolute atomic E-state index is 0.151. The number of hydrogen-bond acceptors (Lipinski definition) is 5. The standard InChI is InChI=1S/C29H28Cl2FN5OS/c30-23-14-13-22(20-24(23)31)37-28(21-8-2-1-3-9-21)33-34-29(37)39-19-7-6-12-27(38)36-17-15-35(16-18-36)26-11-5-4-10-25(26)32/h1-5,8-11,13-14,20H,6-7,12,15-19H2. The van der Waals surface area contributed by atoms with Gasteiger partial charge in [-0.15, -0.1) is 10.2 Å². The summed E-state index contributed by atoms with van der Waals surface area (Å²) in [6.45, 7) is 2.49. The number of amides is 1. The number of benzene rings is 3. The van der Waals surface area contributed by atoms with Crippen LogP contribution >= 0.6 is 35.0 Å². The highest BCUT2D eigenvalue weighted by Gasteiger charge is 2.22. The lowest BCUT2D eigenvalue weighted by atomic mass is 10.2. The van der Waals surface area contributed by atoms with Crippen LogP contribution in [0.5, 0.6) is 0 Å². The quantitative estimate of drug-likeness (QED) is 0.157. The second-order valence-corrected chi connectivity index (χ2v) is 11.1. The molecule has 0 aliphatic carbocycles. The molecule has 0 bridgehead atoms. The molecule has 0 atom stereocenters. The van der Waals surface area contributed by atoms with E-state index in [0.29, 0.717) is 48.3 Å². The molecule has 3 aromatic carbocycles. The Morgan fingerprint density at radius 3 is 2.36 bits per heavy atom. The lowest BCUT2D eigenvalue weighted by molar-refractivity contribution is -0.131. The Morgan fingerprint density at radius 2 is 1.62 bits per heavy atom. The third kappa shape index (κ3) is 6.57. The largest absolute Gasteiger partial charge is 0.366 e. The van der Waals surface area contributed by atoms with Gasteiger partial charge in [0.05, 0.1) is 21.4 Å². The van der Waals surface area contributed by atoms with Gasteiger partial charge in [-0.05, 0) is 43.2 Å². The molecule has 0 radical (unpaired) electrons. The van der Waals surface area contributed by atoms with Crippen molar-refractivity contribution in [2.75, 3.05) is 36.8 Å². The molecule has 0 spiro atoms.